The Balaban J connectivity index is 0.000000340. The average Bonchev–Trinajstić information content (AvgIpc) is 3.38. The van der Waals surface area contributed by atoms with Gasteiger partial charge in [-0.1, -0.05) is 161 Å². The van der Waals surface area contributed by atoms with Gasteiger partial charge in [0.2, 0.25) is 0 Å². The molecule has 0 spiro atoms. The van der Waals surface area contributed by atoms with Crippen molar-refractivity contribution in [3.05, 3.63) is 87.1 Å². The highest BCUT2D eigenvalue weighted by molar-refractivity contribution is 7.10. The largest absolute Gasteiger partial charge is 0.493 e. The van der Waals surface area contributed by atoms with Crippen LogP contribution < -0.4 is 4.74 Å². The van der Waals surface area contributed by atoms with Gasteiger partial charge in [0.1, 0.15) is 5.75 Å². The summed E-state index contributed by atoms with van der Waals surface area (Å²) in [5.41, 5.74) is 7.45. The molecule has 0 aliphatic carbocycles. The molecule has 0 atom stereocenters. The molecule has 1 heterocycles. The van der Waals surface area contributed by atoms with Crippen LogP contribution in [0.3, 0.4) is 0 Å². The number of aryl methyl sites for hydroxylation is 1. The van der Waals surface area contributed by atoms with E-state index in [0.29, 0.717) is 5.41 Å². The highest BCUT2D eigenvalue weighted by Gasteiger charge is 2.26. The average molecular weight is 635 g/mol. The van der Waals surface area contributed by atoms with E-state index in [-0.39, 0.29) is 27.1 Å². The molecule has 1 nitrogen and oxygen atoms in total. The monoisotopic (exact) mass is 635 g/mol. The van der Waals surface area contributed by atoms with Gasteiger partial charge >= 0.3 is 0 Å². The summed E-state index contributed by atoms with van der Waals surface area (Å²) < 4.78 is 5.74. The smallest absolute Gasteiger partial charge is 0.119 e. The second-order valence-electron chi connectivity index (χ2n) is 19.3. The molecule has 45 heavy (non-hydrogen) atoms. The number of thiophene rings is 1. The lowest BCUT2D eigenvalue weighted by Gasteiger charge is -2.26. The third kappa shape index (κ3) is 16.4. The van der Waals surface area contributed by atoms with Crippen molar-refractivity contribution in [3.8, 4) is 5.75 Å². The van der Waals surface area contributed by atoms with Gasteiger partial charge < -0.3 is 4.74 Å². The van der Waals surface area contributed by atoms with Crippen molar-refractivity contribution < 1.29 is 4.74 Å². The SMILES string of the molecule is CC(C)(C)CCc1cccc(C(C)(C)C)c1.CC(C)(C)COc1ccc(C(C)(C)C)cc1.CC(C)(C)c1ccsc1C(C)(C)C. The van der Waals surface area contributed by atoms with E-state index in [1.54, 1.807) is 0 Å². The summed E-state index contributed by atoms with van der Waals surface area (Å²) in [7, 11) is 0. The molecule has 2 heteroatoms. The lowest BCUT2D eigenvalue weighted by Crippen LogP contribution is -2.19. The maximum atomic E-state index is 5.74. The molecule has 2 aromatic carbocycles. The first-order valence-corrected chi connectivity index (χ1v) is 17.9. The fraction of sp³-hybridized carbons (Fsp3) is 0.628. The predicted octanol–water partition coefficient (Wildman–Crippen LogP) is 13.7. The van der Waals surface area contributed by atoms with Crippen LogP contribution in [0.1, 0.15) is 158 Å². The summed E-state index contributed by atoms with van der Waals surface area (Å²) in [6.45, 7) is 41.4. The molecule has 0 radical (unpaired) electrons. The van der Waals surface area contributed by atoms with Crippen LogP contribution in [0.4, 0.5) is 0 Å². The molecule has 254 valence electrons. The zero-order valence-electron chi connectivity index (χ0n) is 32.7. The van der Waals surface area contributed by atoms with Crippen molar-refractivity contribution in [2.45, 2.75) is 159 Å². The van der Waals surface area contributed by atoms with Crippen molar-refractivity contribution in [1.82, 2.24) is 0 Å². The normalized spacial score (nSPS) is 12.9. The number of hydrogen-bond acceptors (Lipinski definition) is 2. The minimum Gasteiger partial charge on any atom is -0.493 e. The molecule has 0 amide bonds. The molecule has 0 saturated heterocycles. The lowest BCUT2D eigenvalue weighted by molar-refractivity contribution is 0.198. The van der Waals surface area contributed by atoms with Crippen molar-refractivity contribution in [2.75, 3.05) is 6.61 Å². The topological polar surface area (TPSA) is 9.23 Å². The molecule has 1 aromatic heterocycles. The van der Waals surface area contributed by atoms with Gasteiger partial charge in [0.15, 0.2) is 0 Å². The Labute approximate surface area is 284 Å². The van der Waals surface area contributed by atoms with E-state index < -0.39 is 0 Å². The molecule has 0 saturated carbocycles. The van der Waals surface area contributed by atoms with Gasteiger partial charge in [-0.3, -0.25) is 0 Å². The molecule has 0 aliphatic heterocycles. The van der Waals surface area contributed by atoms with Crippen LogP contribution >= 0.6 is 11.3 Å². The maximum absolute atomic E-state index is 5.74. The number of rotatable bonds is 4. The van der Waals surface area contributed by atoms with Crippen LogP contribution in [0.5, 0.6) is 5.75 Å². The summed E-state index contributed by atoms with van der Waals surface area (Å²) in [6, 6.07) is 19.7. The van der Waals surface area contributed by atoms with Gasteiger partial charge in [-0.05, 0) is 91.2 Å². The quantitative estimate of drug-likeness (QED) is 0.277. The fourth-order valence-electron chi connectivity index (χ4n) is 4.54. The van der Waals surface area contributed by atoms with Crippen molar-refractivity contribution in [3.63, 3.8) is 0 Å². The molecule has 0 aliphatic rings. The summed E-state index contributed by atoms with van der Waals surface area (Å²) in [4.78, 5) is 1.53. The highest BCUT2D eigenvalue weighted by atomic mass is 32.1. The Kier molecular flexibility index (Phi) is 14.3. The summed E-state index contributed by atoms with van der Waals surface area (Å²) in [6.07, 6.45) is 2.44. The predicted molar refractivity (Wildman–Crippen MR) is 205 cm³/mol. The third-order valence-corrected chi connectivity index (χ3v) is 8.84. The highest BCUT2D eigenvalue weighted by Crippen LogP contribution is 2.37. The second kappa shape index (κ2) is 15.7. The summed E-state index contributed by atoms with van der Waals surface area (Å²) >= 11 is 1.88. The zero-order chi connectivity index (χ0) is 35.1. The van der Waals surface area contributed by atoms with Crippen LogP contribution in [0.2, 0.25) is 0 Å². The molecule has 3 rings (SSSR count). The first kappa shape index (κ1) is 41.0. The van der Waals surface area contributed by atoms with Gasteiger partial charge in [-0.15, -0.1) is 11.3 Å². The van der Waals surface area contributed by atoms with E-state index >= 15 is 0 Å². The van der Waals surface area contributed by atoms with Gasteiger partial charge in [-0.25, -0.2) is 0 Å². The van der Waals surface area contributed by atoms with Gasteiger partial charge in [0, 0.05) is 4.88 Å². The van der Waals surface area contributed by atoms with E-state index in [9.17, 15) is 0 Å². The number of ether oxygens (including phenoxy) is 1. The third-order valence-electron chi connectivity index (χ3n) is 7.50. The number of benzene rings is 2. The second-order valence-corrected chi connectivity index (χ2v) is 20.2. The van der Waals surface area contributed by atoms with Crippen LogP contribution in [-0.4, -0.2) is 6.61 Å². The minimum atomic E-state index is 0.211. The van der Waals surface area contributed by atoms with Gasteiger partial charge in [0.25, 0.3) is 0 Å². The summed E-state index contributed by atoms with van der Waals surface area (Å²) in [5.74, 6) is 0.961. The molecule has 0 bridgehead atoms. The van der Waals surface area contributed by atoms with Crippen molar-refractivity contribution in [1.29, 1.82) is 0 Å². The first-order chi connectivity index (χ1) is 20.1. The summed E-state index contributed by atoms with van der Waals surface area (Å²) in [5, 5.41) is 2.21. The van der Waals surface area contributed by atoms with Crippen molar-refractivity contribution >= 4 is 11.3 Å². The van der Waals surface area contributed by atoms with Gasteiger partial charge in [-0.2, -0.15) is 0 Å². The Hall–Kier alpha value is -2.06. The fourth-order valence-corrected chi connectivity index (χ4v) is 5.74. The van der Waals surface area contributed by atoms with E-state index in [1.165, 1.54) is 40.0 Å². The molecule has 0 fully saturated rings. The minimum absolute atomic E-state index is 0.211. The Morgan fingerprint density at radius 3 is 1.47 bits per heavy atom. The zero-order valence-corrected chi connectivity index (χ0v) is 33.5. The van der Waals surface area contributed by atoms with E-state index in [1.807, 2.05) is 11.3 Å². The van der Waals surface area contributed by atoms with Gasteiger partial charge in [0.05, 0.1) is 6.61 Å². The molecular weight excluding hydrogens is 565 g/mol. The van der Waals surface area contributed by atoms with E-state index in [0.717, 1.165) is 12.4 Å². The van der Waals surface area contributed by atoms with Crippen LogP contribution in [-0.2, 0) is 28.1 Å². The standard InChI is InChI=1S/C16H26.C15H24O.C12H20S/c1-15(2,3)11-10-13-8-7-9-14(12-13)16(4,5)6;1-14(2,3)11-16-13-9-7-12(8-10-13)15(4,5)6;1-11(2,3)9-7-8-13-10(9)12(4,5)6/h7-9,12H,10-11H2,1-6H3;7-10H,11H2,1-6H3;7-8H,1-6H3. The van der Waals surface area contributed by atoms with Crippen LogP contribution in [0.25, 0.3) is 0 Å². The molecule has 0 unspecified atom stereocenters. The lowest BCUT2D eigenvalue weighted by atomic mass is 9.81. The Bertz CT molecular complexity index is 1240. The van der Waals surface area contributed by atoms with Crippen LogP contribution in [0, 0.1) is 10.8 Å². The van der Waals surface area contributed by atoms with Crippen molar-refractivity contribution in [2.24, 2.45) is 10.8 Å². The maximum Gasteiger partial charge on any atom is 0.119 e. The van der Waals surface area contributed by atoms with E-state index in [2.05, 4.69) is 185 Å². The molecular formula is C43H70OS. The van der Waals surface area contributed by atoms with E-state index in [4.69, 9.17) is 4.74 Å². The Morgan fingerprint density at radius 1 is 0.533 bits per heavy atom. The molecule has 0 N–H and O–H groups in total. The first-order valence-electron chi connectivity index (χ1n) is 17.0. The Morgan fingerprint density at radius 2 is 1.07 bits per heavy atom. The van der Waals surface area contributed by atoms with Crippen LogP contribution in [0.15, 0.2) is 60.0 Å². The number of hydrogen-bond donors (Lipinski definition) is 0. The molecule has 3 aromatic rings.